The molecule has 0 aliphatic rings. The Morgan fingerprint density at radius 3 is 2.59 bits per heavy atom. The van der Waals surface area contributed by atoms with Crippen molar-refractivity contribution < 1.29 is 5.11 Å². The summed E-state index contributed by atoms with van der Waals surface area (Å²) in [5, 5.41) is 11.3. The van der Waals surface area contributed by atoms with Crippen LogP contribution in [-0.2, 0) is 6.54 Å². The maximum atomic E-state index is 12.7. The Labute approximate surface area is 137 Å². The normalized spacial score (nSPS) is 11.5. The van der Waals surface area contributed by atoms with Gasteiger partial charge in [-0.15, -0.1) is 0 Å². The summed E-state index contributed by atoms with van der Waals surface area (Å²) in [5.41, 5.74) is 2.09. The lowest BCUT2D eigenvalue weighted by Crippen LogP contribution is -2.22. The Morgan fingerprint density at radius 2 is 1.77 bits per heavy atom. The number of unbranched alkanes of at least 4 members (excludes halogenated alkanes) is 3. The molecule has 0 radical (unpaired) electrons. The van der Waals surface area contributed by atoms with Crippen LogP contribution in [0.15, 0.2) is 41.3 Å². The molecule has 0 unspecified atom stereocenters. The number of benzene rings is 1. The number of alkyl halides is 1. The summed E-state index contributed by atoms with van der Waals surface area (Å²) in [7, 11) is 0. The molecule has 0 aliphatic carbocycles. The van der Waals surface area contributed by atoms with E-state index in [2.05, 4.69) is 15.9 Å². The van der Waals surface area contributed by atoms with Crippen LogP contribution in [0.4, 0.5) is 0 Å². The van der Waals surface area contributed by atoms with Crippen molar-refractivity contribution in [2.24, 2.45) is 0 Å². The van der Waals surface area contributed by atoms with Gasteiger partial charge in [0.1, 0.15) is 16.8 Å². The smallest absolute Gasteiger partial charge is 0.275 e. The first-order valence-corrected chi connectivity index (χ1v) is 8.73. The van der Waals surface area contributed by atoms with Gasteiger partial charge in [-0.25, -0.2) is 0 Å². The summed E-state index contributed by atoms with van der Waals surface area (Å²) in [4.78, 5) is 12.7. The number of phenols is 1. The number of para-hydroxylation sites is 1. The molecule has 0 amide bonds. The highest BCUT2D eigenvalue weighted by molar-refractivity contribution is 9.09. The molecule has 0 fully saturated rings. The molecular formula is C17H19BrN2O2. The van der Waals surface area contributed by atoms with Crippen LogP contribution in [0.2, 0.25) is 0 Å². The SMILES string of the molecule is O=c1c2cccn2c2cccc(O)c2n1CCCCCCBr. The zero-order chi connectivity index (χ0) is 15.5. The highest BCUT2D eigenvalue weighted by Crippen LogP contribution is 2.24. The number of phenolic OH excluding ortho intramolecular Hbond substituents is 1. The van der Waals surface area contributed by atoms with Crippen molar-refractivity contribution in [1.82, 2.24) is 8.97 Å². The van der Waals surface area contributed by atoms with Crippen molar-refractivity contribution >= 4 is 32.5 Å². The van der Waals surface area contributed by atoms with Crippen molar-refractivity contribution in [3.63, 3.8) is 0 Å². The Bertz CT molecular complexity index is 851. The Kier molecular flexibility index (Phi) is 4.52. The molecule has 0 saturated carbocycles. The predicted molar refractivity (Wildman–Crippen MR) is 93.1 cm³/mol. The fraction of sp³-hybridized carbons (Fsp3) is 0.353. The van der Waals surface area contributed by atoms with Crippen LogP contribution in [0.5, 0.6) is 5.75 Å². The minimum absolute atomic E-state index is 0.0421. The van der Waals surface area contributed by atoms with Crippen LogP contribution >= 0.6 is 15.9 Å². The van der Waals surface area contributed by atoms with E-state index in [1.54, 1.807) is 10.6 Å². The second kappa shape index (κ2) is 6.57. The van der Waals surface area contributed by atoms with E-state index in [1.165, 1.54) is 0 Å². The van der Waals surface area contributed by atoms with Gasteiger partial charge >= 0.3 is 0 Å². The number of halogens is 1. The van der Waals surface area contributed by atoms with E-state index in [1.807, 2.05) is 34.9 Å². The third kappa shape index (κ3) is 2.65. The van der Waals surface area contributed by atoms with Crippen LogP contribution < -0.4 is 5.56 Å². The van der Waals surface area contributed by atoms with Crippen molar-refractivity contribution in [3.8, 4) is 5.75 Å². The fourth-order valence-corrected chi connectivity index (χ4v) is 3.32. The first kappa shape index (κ1) is 15.2. The number of nitrogens with zero attached hydrogens (tertiary/aromatic N) is 2. The Morgan fingerprint density at radius 1 is 1.00 bits per heavy atom. The highest BCUT2D eigenvalue weighted by Gasteiger charge is 2.12. The van der Waals surface area contributed by atoms with Crippen LogP contribution in [-0.4, -0.2) is 19.4 Å². The van der Waals surface area contributed by atoms with E-state index in [4.69, 9.17) is 0 Å². The average molecular weight is 363 g/mol. The molecule has 2 heterocycles. The van der Waals surface area contributed by atoms with Gasteiger partial charge in [0, 0.05) is 18.1 Å². The quantitative estimate of drug-likeness (QED) is 0.533. The Balaban J connectivity index is 2.06. The number of aryl methyl sites for hydroxylation is 1. The highest BCUT2D eigenvalue weighted by atomic mass is 79.9. The second-order valence-electron chi connectivity index (χ2n) is 5.47. The summed E-state index contributed by atoms with van der Waals surface area (Å²) >= 11 is 3.43. The lowest BCUT2D eigenvalue weighted by Gasteiger charge is -2.13. The van der Waals surface area contributed by atoms with Crippen LogP contribution in [0.3, 0.4) is 0 Å². The molecule has 1 N–H and O–H groups in total. The molecule has 0 spiro atoms. The van der Waals surface area contributed by atoms with Gasteiger partial charge < -0.3 is 14.1 Å². The zero-order valence-electron chi connectivity index (χ0n) is 12.3. The molecule has 3 aromatic rings. The van der Waals surface area contributed by atoms with Crippen LogP contribution in [0, 0.1) is 0 Å². The number of hydrogen-bond acceptors (Lipinski definition) is 2. The van der Waals surface area contributed by atoms with Crippen molar-refractivity contribution in [1.29, 1.82) is 0 Å². The number of aromatic hydroxyl groups is 1. The second-order valence-corrected chi connectivity index (χ2v) is 6.26. The third-order valence-electron chi connectivity index (χ3n) is 4.00. The molecule has 4 nitrogen and oxygen atoms in total. The zero-order valence-corrected chi connectivity index (χ0v) is 13.9. The largest absolute Gasteiger partial charge is 0.506 e. The molecule has 0 atom stereocenters. The number of hydrogen-bond donors (Lipinski definition) is 1. The first-order chi connectivity index (χ1) is 10.7. The summed E-state index contributed by atoms with van der Waals surface area (Å²) in [6.07, 6.45) is 6.18. The summed E-state index contributed by atoms with van der Waals surface area (Å²) in [6, 6.07) is 9.07. The van der Waals surface area contributed by atoms with E-state index < -0.39 is 0 Å². The van der Waals surface area contributed by atoms with Gasteiger partial charge in [0.25, 0.3) is 5.56 Å². The van der Waals surface area contributed by atoms with Crippen molar-refractivity contribution in [2.75, 3.05) is 5.33 Å². The van der Waals surface area contributed by atoms with Gasteiger partial charge in [-0.3, -0.25) is 4.79 Å². The van der Waals surface area contributed by atoms with Gasteiger partial charge in [0.15, 0.2) is 0 Å². The molecule has 0 bridgehead atoms. The summed E-state index contributed by atoms with van der Waals surface area (Å²) in [5.74, 6) is 0.158. The molecular weight excluding hydrogens is 344 g/mol. The van der Waals surface area contributed by atoms with E-state index in [0.29, 0.717) is 17.6 Å². The van der Waals surface area contributed by atoms with E-state index in [-0.39, 0.29) is 11.3 Å². The van der Waals surface area contributed by atoms with Crippen molar-refractivity contribution in [2.45, 2.75) is 32.2 Å². The number of rotatable bonds is 6. The molecule has 2 aromatic heterocycles. The van der Waals surface area contributed by atoms with E-state index >= 15 is 0 Å². The standard InChI is InChI=1S/C17H19BrN2O2/c18-10-3-1-2-4-11-20-16-13(7-5-9-15(16)21)19-12-6-8-14(19)17(20)22/h5-9,12,21H,1-4,10-11H2. The lowest BCUT2D eigenvalue weighted by molar-refractivity contribution is 0.474. The van der Waals surface area contributed by atoms with Crippen molar-refractivity contribution in [3.05, 3.63) is 46.9 Å². The monoisotopic (exact) mass is 362 g/mol. The Hall–Kier alpha value is -1.75. The topological polar surface area (TPSA) is 46.6 Å². The molecule has 22 heavy (non-hydrogen) atoms. The minimum Gasteiger partial charge on any atom is -0.506 e. The molecule has 0 saturated heterocycles. The molecule has 116 valence electrons. The molecule has 0 aliphatic heterocycles. The molecule has 1 aromatic carbocycles. The minimum atomic E-state index is -0.0421. The maximum Gasteiger partial charge on any atom is 0.275 e. The molecule has 3 rings (SSSR count). The van der Waals surface area contributed by atoms with Gasteiger partial charge in [-0.05, 0) is 37.1 Å². The number of fused-ring (bicyclic) bond motifs is 3. The third-order valence-corrected chi connectivity index (χ3v) is 4.56. The van der Waals surface area contributed by atoms with Gasteiger partial charge in [0.05, 0.1) is 5.52 Å². The van der Waals surface area contributed by atoms with Gasteiger partial charge in [0.2, 0.25) is 0 Å². The average Bonchev–Trinajstić information content (AvgIpc) is 3.00. The van der Waals surface area contributed by atoms with Gasteiger partial charge in [-0.1, -0.05) is 34.8 Å². The maximum absolute atomic E-state index is 12.7. The fourth-order valence-electron chi connectivity index (χ4n) is 2.93. The predicted octanol–water partition coefficient (Wildman–Crippen LogP) is 3.92. The first-order valence-electron chi connectivity index (χ1n) is 7.61. The van der Waals surface area contributed by atoms with Crippen LogP contribution in [0.1, 0.15) is 25.7 Å². The lowest BCUT2D eigenvalue weighted by atomic mass is 10.2. The number of aromatic nitrogens is 2. The van der Waals surface area contributed by atoms with E-state index in [0.717, 1.165) is 36.5 Å². The summed E-state index contributed by atoms with van der Waals surface area (Å²) < 4.78 is 3.56. The van der Waals surface area contributed by atoms with E-state index in [9.17, 15) is 9.90 Å². The van der Waals surface area contributed by atoms with Gasteiger partial charge in [-0.2, -0.15) is 0 Å². The molecule has 5 heteroatoms. The summed E-state index contributed by atoms with van der Waals surface area (Å²) in [6.45, 7) is 0.636. The van der Waals surface area contributed by atoms with Crippen LogP contribution in [0.25, 0.3) is 16.6 Å².